The van der Waals surface area contributed by atoms with Crippen LogP contribution in [-0.2, 0) is 4.57 Å². The highest BCUT2D eigenvalue weighted by atomic mass is 31.2. The van der Waals surface area contributed by atoms with Gasteiger partial charge in [-0.1, -0.05) is 72.5 Å². The molecule has 0 aliphatic carbocycles. The normalized spacial score (nSPS) is 10.5. The summed E-state index contributed by atoms with van der Waals surface area (Å²) in [6, 6.07) is 31.2. The van der Waals surface area contributed by atoms with E-state index >= 15 is 0 Å². The van der Waals surface area contributed by atoms with Crippen molar-refractivity contribution < 1.29 is 4.57 Å². The molecule has 0 spiro atoms. The van der Waals surface area contributed by atoms with Gasteiger partial charge >= 0.3 is 0 Å². The summed E-state index contributed by atoms with van der Waals surface area (Å²) in [5.74, 6) is 6.21. The molecule has 0 bridgehead atoms. The Bertz CT molecular complexity index is 1320. The van der Waals surface area contributed by atoms with E-state index in [2.05, 4.69) is 23.2 Å². The lowest BCUT2D eigenvalue weighted by Crippen LogP contribution is -2.13. The van der Waals surface area contributed by atoms with Gasteiger partial charge in [-0.25, -0.2) is 0 Å². The molecule has 3 heteroatoms. The van der Waals surface area contributed by atoms with Gasteiger partial charge in [-0.3, -0.25) is 4.57 Å². The fourth-order valence-electron chi connectivity index (χ4n) is 3.41. The van der Waals surface area contributed by atoms with Crippen LogP contribution in [-0.4, -0.2) is 14.1 Å². The molecule has 0 saturated carbocycles. The van der Waals surface area contributed by atoms with Crippen LogP contribution in [0.4, 0.5) is 5.69 Å². The fraction of sp³-hybridized carbons (Fsp3) is 0.0714. The van der Waals surface area contributed by atoms with E-state index in [0.29, 0.717) is 5.30 Å². The molecule has 31 heavy (non-hydrogen) atoms. The summed E-state index contributed by atoms with van der Waals surface area (Å²) in [6.45, 7) is 0. The summed E-state index contributed by atoms with van der Waals surface area (Å²) in [5.41, 5.74) is 8.77. The van der Waals surface area contributed by atoms with Gasteiger partial charge in [0.15, 0.2) is 0 Å². The second-order valence-corrected chi connectivity index (χ2v) is 9.51. The summed E-state index contributed by atoms with van der Waals surface area (Å²) < 4.78 is 14.4. The Balaban J connectivity index is 1.97. The Hall–Kier alpha value is -3.71. The molecule has 0 heterocycles. The molecule has 4 aromatic rings. The van der Waals surface area contributed by atoms with E-state index in [1.807, 2.05) is 116 Å². The predicted molar refractivity (Wildman–Crippen MR) is 132 cm³/mol. The highest BCUT2D eigenvalue weighted by molar-refractivity contribution is 7.81. The molecule has 0 atom stereocenters. The van der Waals surface area contributed by atoms with Crippen LogP contribution >= 0.6 is 7.14 Å². The number of nitrogens with zero attached hydrogens (tertiary/aromatic N) is 1. The van der Waals surface area contributed by atoms with Gasteiger partial charge in [0.2, 0.25) is 0 Å². The molecule has 0 fully saturated rings. The standard InChI is InChI=1S/C28H22NOP/c1-29(2)26-17-9-15-25-16-10-18-27(28(25)26)31(30,21-19-23-11-5-3-6-12-23)22-20-24-13-7-4-8-14-24/h3-18H,1-2H3. The number of rotatable bonds is 2. The highest BCUT2D eigenvalue weighted by Gasteiger charge is 2.24. The van der Waals surface area contributed by atoms with Crippen LogP contribution in [0.1, 0.15) is 11.1 Å². The average molecular weight is 419 g/mol. The van der Waals surface area contributed by atoms with Crippen LogP contribution in [0.2, 0.25) is 0 Å². The minimum Gasteiger partial charge on any atom is -0.377 e. The maximum atomic E-state index is 14.4. The number of hydrogen-bond donors (Lipinski definition) is 0. The van der Waals surface area contributed by atoms with Gasteiger partial charge in [-0.2, -0.15) is 0 Å². The van der Waals surface area contributed by atoms with E-state index in [1.54, 1.807) is 0 Å². The lowest BCUT2D eigenvalue weighted by Gasteiger charge is -2.19. The van der Waals surface area contributed by atoms with Gasteiger partial charge in [-0.15, -0.1) is 0 Å². The molecule has 0 radical (unpaired) electrons. The molecule has 150 valence electrons. The second kappa shape index (κ2) is 8.97. The fourth-order valence-corrected chi connectivity index (χ4v) is 5.14. The topological polar surface area (TPSA) is 20.3 Å². The molecule has 2 nitrogen and oxygen atoms in total. The zero-order valence-electron chi connectivity index (χ0n) is 17.5. The van der Waals surface area contributed by atoms with Gasteiger partial charge < -0.3 is 4.90 Å². The van der Waals surface area contributed by atoms with Crippen molar-refractivity contribution in [2.45, 2.75) is 0 Å². The Morgan fingerprint density at radius 3 is 1.68 bits per heavy atom. The summed E-state index contributed by atoms with van der Waals surface area (Å²) >= 11 is 0. The molecule has 0 N–H and O–H groups in total. The van der Waals surface area contributed by atoms with Crippen LogP contribution in [0.5, 0.6) is 0 Å². The van der Waals surface area contributed by atoms with Gasteiger partial charge in [0.1, 0.15) is 0 Å². The molecule has 0 unspecified atom stereocenters. The van der Waals surface area contributed by atoms with Crippen LogP contribution in [0.3, 0.4) is 0 Å². The van der Waals surface area contributed by atoms with Crippen LogP contribution in [0.15, 0.2) is 97.1 Å². The van der Waals surface area contributed by atoms with Crippen molar-refractivity contribution in [2.75, 3.05) is 19.0 Å². The minimum atomic E-state index is -3.36. The molecule has 0 aliphatic rings. The van der Waals surface area contributed by atoms with E-state index in [4.69, 9.17) is 0 Å². The second-order valence-electron chi connectivity index (χ2n) is 7.36. The van der Waals surface area contributed by atoms with E-state index in [1.165, 1.54) is 0 Å². The molecule has 0 aromatic heterocycles. The molecule has 0 saturated heterocycles. The van der Waals surface area contributed by atoms with Crippen molar-refractivity contribution in [1.29, 1.82) is 0 Å². The lowest BCUT2D eigenvalue weighted by atomic mass is 10.1. The molecular weight excluding hydrogens is 397 g/mol. The number of hydrogen-bond acceptors (Lipinski definition) is 2. The van der Waals surface area contributed by atoms with E-state index in [-0.39, 0.29) is 0 Å². The number of fused-ring (bicyclic) bond motifs is 1. The van der Waals surface area contributed by atoms with Crippen LogP contribution < -0.4 is 10.2 Å². The maximum absolute atomic E-state index is 14.4. The third-order valence-corrected chi connectivity index (χ3v) is 6.85. The van der Waals surface area contributed by atoms with Crippen LogP contribution in [0, 0.1) is 23.2 Å². The molecule has 0 aliphatic heterocycles. The SMILES string of the molecule is CN(C)c1cccc2cccc(P(=O)(C#Cc3ccccc3)C#Cc3ccccc3)c12. The smallest absolute Gasteiger partial charge is 0.252 e. The Morgan fingerprint density at radius 2 is 1.16 bits per heavy atom. The first-order chi connectivity index (χ1) is 15.1. The van der Waals surface area contributed by atoms with Crippen molar-refractivity contribution in [3.8, 4) is 23.2 Å². The van der Waals surface area contributed by atoms with Crippen molar-refractivity contribution >= 4 is 28.9 Å². The molecule has 0 amide bonds. The summed E-state index contributed by atoms with van der Waals surface area (Å²) in [7, 11) is 0.612. The monoisotopic (exact) mass is 419 g/mol. The zero-order chi connectivity index (χ0) is 21.7. The highest BCUT2D eigenvalue weighted by Crippen LogP contribution is 2.45. The number of benzene rings is 4. The van der Waals surface area contributed by atoms with E-state index in [9.17, 15) is 4.57 Å². The predicted octanol–water partition coefficient (Wildman–Crippen LogP) is 5.91. The van der Waals surface area contributed by atoms with Crippen molar-refractivity contribution in [3.63, 3.8) is 0 Å². The van der Waals surface area contributed by atoms with Crippen molar-refractivity contribution in [2.24, 2.45) is 0 Å². The van der Waals surface area contributed by atoms with Gasteiger partial charge in [0, 0.05) is 41.6 Å². The summed E-state index contributed by atoms with van der Waals surface area (Å²) in [5, 5.41) is 2.64. The quantitative estimate of drug-likeness (QED) is 0.297. The average Bonchev–Trinajstić information content (AvgIpc) is 2.82. The lowest BCUT2D eigenvalue weighted by molar-refractivity contribution is 0.593. The first kappa shape index (κ1) is 20.6. The number of anilines is 1. The van der Waals surface area contributed by atoms with E-state index < -0.39 is 7.14 Å². The first-order valence-electron chi connectivity index (χ1n) is 10.0. The van der Waals surface area contributed by atoms with Crippen molar-refractivity contribution in [1.82, 2.24) is 0 Å². The van der Waals surface area contributed by atoms with E-state index in [0.717, 1.165) is 27.6 Å². The third kappa shape index (κ3) is 4.57. The largest absolute Gasteiger partial charge is 0.377 e. The third-order valence-electron chi connectivity index (χ3n) is 4.94. The maximum Gasteiger partial charge on any atom is 0.252 e. The van der Waals surface area contributed by atoms with Gasteiger partial charge in [0.05, 0.1) is 0 Å². The van der Waals surface area contributed by atoms with Gasteiger partial charge in [0.25, 0.3) is 7.14 Å². The minimum absolute atomic E-state index is 0.682. The first-order valence-corrected chi connectivity index (χ1v) is 11.7. The van der Waals surface area contributed by atoms with Crippen molar-refractivity contribution in [3.05, 3.63) is 108 Å². The Morgan fingerprint density at radius 1 is 0.645 bits per heavy atom. The Kier molecular flexibility index (Phi) is 5.95. The summed E-state index contributed by atoms with van der Waals surface area (Å²) in [4.78, 5) is 2.03. The Labute approximate surface area is 183 Å². The van der Waals surface area contributed by atoms with Gasteiger partial charge in [-0.05, 0) is 53.1 Å². The zero-order valence-corrected chi connectivity index (χ0v) is 18.4. The summed E-state index contributed by atoms with van der Waals surface area (Å²) in [6.07, 6.45) is 0. The molecule has 4 aromatic carbocycles. The molecular formula is C28H22NOP. The van der Waals surface area contributed by atoms with Crippen LogP contribution in [0.25, 0.3) is 10.8 Å². The molecule has 4 rings (SSSR count).